The quantitative estimate of drug-likeness (QED) is 0.730. The van der Waals surface area contributed by atoms with Gasteiger partial charge in [0.1, 0.15) is 5.82 Å². The van der Waals surface area contributed by atoms with Crippen molar-refractivity contribution in [3.63, 3.8) is 0 Å². The molecule has 1 unspecified atom stereocenters. The van der Waals surface area contributed by atoms with E-state index in [4.69, 9.17) is 10.8 Å². The molecule has 0 bridgehead atoms. The molecular weight excluding hydrogens is 247 g/mol. The predicted octanol–water partition coefficient (Wildman–Crippen LogP) is 1.93. The van der Waals surface area contributed by atoms with Gasteiger partial charge in [-0.1, -0.05) is 20.8 Å². The van der Waals surface area contributed by atoms with E-state index in [1.54, 1.807) is 0 Å². The van der Waals surface area contributed by atoms with E-state index < -0.39 is 5.82 Å². The van der Waals surface area contributed by atoms with Gasteiger partial charge in [0, 0.05) is 18.3 Å². The van der Waals surface area contributed by atoms with Gasteiger partial charge in [-0.2, -0.15) is 0 Å². The Kier molecular flexibility index (Phi) is 4.89. The van der Waals surface area contributed by atoms with E-state index >= 15 is 0 Å². The molecule has 0 radical (unpaired) electrons. The summed E-state index contributed by atoms with van der Waals surface area (Å²) >= 11 is 0. The van der Waals surface area contributed by atoms with Crippen molar-refractivity contribution in [3.8, 4) is 0 Å². The van der Waals surface area contributed by atoms with Crippen LogP contribution in [0.3, 0.4) is 0 Å². The number of halogens is 1. The lowest BCUT2D eigenvalue weighted by Gasteiger charge is -2.31. The van der Waals surface area contributed by atoms with Crippen molar-refractivity contribution >= 4 is 11.6 Å². The Morgan fingerprint density at radius 3 is 2.58 bits per heavy atom. The Labute approximate surface area is 112 Å². The monoisotopic (exact) mass is 268 g/mol. The first kappa shape index (κ1) is 15.4. The molecule has 1 rings (SSSR count). The number of nitrogens with two attached hydrogens (primary N) is 1. The standard InChI is InChI=1S/C14H21FN2O2/c1-14(2,3)12(6-7-18)17-13(19)10-5-4-9(15)8-11(10)16/h4-5,8,12,18H,6-7,16H2,1-3H3,(H,17,19). The van der Waals surface area contributed by atoms with Crippen molar-refractivity contribution in [1.82, 2.24) is 5.32 Å². The third-order valence-electron chi connectivity index (χ3n) is 3.03. The second kappa shape index (κ2) is 6.02. The van der Waals surface area contributed by atoms with E-state index in [1.807, 2.05) is 20.8 Å². The van der Waals surface area contributed by atoms with Crippen molar-refractivity contribution in [2.24, 2.45) is 5.41 Å². The lowest BCUT2D eigenvalue weighted by Crippen LogP contribution is -2.44. The summed E-state index contributed by atoms with van der Waals surface area (Å²) in [6.07, 6.45) is 0.455. The molecule has 1 amide bonds. The molecule has 0 saturated carbocycles. The van der Waals surface area contributed by atoms with Gasteiger partial charge in [-0.05, 0) is 30.0 Å². The molecule has 0 saturated heterocycles. The third kappa shape index (κ3) is 4.21. The first-order chi connectivity index (χ1) is 8.75. The number of carbonyl (C=O) groups excluding carboxylic acids is 1. The lowest BCUT2D eigenvalue weighted by atomic mass is 9.84. The van der Waals surface area contributed by atoms with Crippen LogP contribution < -0.4 is 11.1 Å². The zero-order chi connectivity index (χ0) is 14.6. The molecular formula is C14H21FN2O2. The maximum atomic E-state index is 12.9. The first-order valence-electron chi connectivity index (χ1n) is 6.22. The summed E-state index contributed by atoms with van der Waals surface area (Å²) in [6.45, 7) is 5.91. The van der Waals surface area contributed by atoms with Crippen molar-refractivity contribution in [3.05, 3.63) is 29.6 Å². The second-order valence-corrected chi connectivity index (χ2v) is 5.64. The number of nitrogens with one attached hydrogen (secondary N) is 1. The molecule has 19 heavy (non-hydrogen) atoms. The molecule has 0 spiro atoms. The summed E-state index contributed by atoms with van der Waals surface area (Å²) in [5.41, 5.74) is 5.79. The Bertz CT molecular complexity index is 455. The summed E-state index contributed by atoms with van der Waals surface area (Å²) in [5, 5.41) is 11.9. The predicted molar refractivity (Wildman–Crippen MR) is 73.2 cm³/mol. The van der Waals surface area contributed by atoms with Crippen LogP contribution in [0.25, 0.3) is 0 Å². The van der Waals surface area contributed by atoms with Gasteiger partial charge in [0.05, 0.1) is 5.56 Å². The van der Waals surface area contributed by atoms with Gasteiger partial charge in [-0.3, -0.25) is 4.79 Å². The molecule has 0 fully saturated rings. The Hall–Kier alpha value is -1.62. The number of anilines is 1. The van der Waals surface area contributed by atoms with Gasteiger partial charge in [0.2, 0.25) is 0 Å². The van der Waals surface area contributed by atoms with Crippen LogP contribution in [0.1, 0.15) is 37.6 Å². The Balaban J connectivity index is 2.88. The molecule has 1 aromatic rings. The normalized spacial score (nSPS) is 13.1. The summed E-state index contributed by atoms with van der Waals surface area (Å²) in [5.74, 6) is -0.831. The van der Waals surface area contributed by atoms with Crippen LogP contribution >= 0.6 is 0 Å². The third-order valence-corrected chi connectivity index (χ3v) is 3.03. The second-order valence-electron chi connectivity index (χ2n) is 5.64. The summed E-state index contributed by atoms with van der Waals surface area (Å²) in [7, 11) is 0. The van der Waals surface area contributed by atoms with Crippen LogP contribution in [0.2, 0.25) is 0 Å². The van der Waals surface area contributed by atoms with E-state index in [0.717, 1.165) is 6.07 Å². The number of hydrogen-bond donors (Lipinski definition) is 3. The number of benzene rings is 1. The maximum Gasteiger partial charge on any atom is 0.253 e. The van der Waals surface area contributed by atoms with E-state index in [-0.39, 0.29) is 35.2 Å². The molecule has 1 atom stereocenters. The van der Waals surface area contributed by atoms with Crippen molar-refractivity contribution in [2.75, 3.05) is 12.3 Å². The number of hydrogen-bond acceptors (Lipinski definition) is 3. The van der Waals surface area contributed by atoms with Crippen molar-refractivity contribution in [2.45, 2.75) is 33.2 Å². The zero-order valence-corrected chi connectivity index (χ0v) is 11.5. The van der Waals surface area contributed by atoms with Gasteiger partial charge in [0.15, 0.2) is 0 Å². The van der Waals surface area contributed by atoms with E-state index in [9.17, 15) is 9.18 Å². The van der Waals surface area contributed by atoms with Crippen LogP contribution in [0, 0.1) is 11.2 Å². The van der Waals surface area contributed by atoms with Crippen LogP contribution in [0.4, 0.5) is 10.1 Å². The fourth-order valence-corrected chi connectivity index (χ4v) is 1.83. The van der Waals surface area contributed by atoms with E-state index in [2.05, 4.69) is 5.32 Å². The van der Waals surface area contributed by atoms with Crippen molar-refractivity contribution < 1.29 is 14.3 Å². The van der Waals surface area contributed by atoms with Gasteiger partial charge < -0.3 is 16.2 Å². The summed E-state index contributed by atoms with van der Waals surface area (Å²) in [4.78, 5) is 12.1. The Morgan fingerprint density at radius 1 is 1.47 bits per heavy atom. The highest BCUT2D eigenvalue weighted by Gasteiger charge is 2.26. The van der Waals surface area contributed by atoms with Gasteiger partial charge >= 0.3 is 0 Å². The highest BCUT2D eigenvalue weighted by molar-refractivity contribution is 5.99. The van der Waals surface area contributed by atoms with Crippen LogP contribution in [0.15, 0.2) is 18.2 Å². The SMILES string of the molecule is CC(C)(C)C(CCO)NC(=O)c1ccc(F)cc1N. The minimum atomic E-state index is -0.475. The van der Waals surface area contributed by atoms with Gasteiger partial charge in [-0.15, -0.1) is 0 Å². The fraction of sp³-hybridized carbons (Fsp3) is 0.500. The number of carbonyl (C=O) groups is 1. The smallest absolute Gasteiger partial charge is 0.253 e. The number of nitrogen functional groups attached to an aromatic ring is 1. The molecule has 0 aliphatic carbocycles. The molecule has 0 aromatic heterocycles. The van der Waals surface area contributed by atoms with Crippen LogP contribution in [-0.2, 0) is 0 Å². The van der Waals surface area contributed by atoms with Crippen molar-refractivity contribution in [1.29, 1.82) is 0 Å². The summed E-state index contributed by atoms with van der Waals surface area (Å²) < 4.78 is 12.9. The molecule has 0 aliphatic rings. The lowest BCUT2D eigenvalue weighted by molar-refractivity contribution is 0.0886. The number of aliphatic hydroxyl groups is 1. The minimum Gasteiger partial charge on any atom is -0.398 e. The summed E-state index contributed by atoms with van der Waals surface area (Å²) in [6, 6.07) is 3.49. The average Bonchev–Trinajstić information content (AvgIpc) is 2.26. The molecule has 0 aliphatic heterocycles. The van der Waals surface area contributed by atoms with Gasteiger partial charge in [0.25, 0.3) is 5.91 Å². The topological polar surface area (TPSA) is 75.3 Å². The molecule has 4 N–H and O–H groups in total. The van der Waals surface area contributed by atoms with Gasteiger partial charge in [-0.25, -0.2) is 4.39 Å². The minimum absolute atomic E-state index is 0.0128. The van der Waals surface area contributed by atoms with Crippen LogP contribution in [-0.4, -0.2) is 23.7 Å². The molecule has 4 nitrogen and oxygen atoms in total. The molecule has 0 heterocycles. The largest absolute Gasteiger partial charge is 0.398 e. The fourth-order valence-electron chi connectivity index (χ4n) is 1.83. The number of rotatable bonds is 4. The van der Waals surface area contributed by atoms with Crippen LogP contribution in [0.5, 0.6) is 0 Å². The zero-order valence-electron chi connectivity index (χ0n) is 11.5. The number of aliphatic hydroxyl groups excluding tert-OH is 1. The molecule has 106 valence electrons. The molecule has 1 aromatic carbocycles. The Morgan fingerprint density at radius 2 is 2.11 bits per heavy atom. The first-order valence-corrected chi connectivity index (χ1v) is 6.22. The highest BCUT2D eigenvalue weighted by Crippen LogP contribution is 2.23. The highest BCUT2D eigenvalue weighted by atomic mass is 19.1. The average molecular weight is 268 g/mol. The molecule has 5 heteroatoms. The number of amides is 1. The van der Waals surface area contributed by atoms with E-state index in [1.165, 1.54) is 12.1 Å². The van der Waals surface area contributed by atoms with E-state index in [0.29, 0.717) is 6.42 Å². The maximum absolute atomic E-state index is 12.9.